The molecule has 2 unspecified atom stereocenters. The van der Waals surface area contributed by atoms with Crippen molar-refractivity contribution in [3.05, 3.63) is 24.3 Å². The van der Waals surface area contributed by atoms with Crippen LogP contribution in [0.25, 0.3) is 0 Å². The van der Waals surface area contributed by atoms with E-state index in [1.54, 1.807) is 0 Å². The minimum Gasteiger partial charge on any atom is -0.381 e. The molecule has 2 fully saturated rings. The number of thioether (sulfide) groups is 1. The molecule has 0 spiro atoms. The van der Waals surface area contributed by atoms with Crippen LogP contribution in [0.2, 0.25) is 0 Å². The number of nitrogens with one attached hydrogen (secondary N) is 1. The van der Waals surface area contributed by atoms with Gasteiger partial charge in [0.05, 0.1) is 0 Å². The van der Waals surface area contributed by atoms with Crippen LogP contribution in [0.3, 0.4) is 0 Å². The summed E-state index contributed by atoms with van der Waals surface area (Å²) in [6.45, 7) is 3.16. The molecular weight excluding hydrogens is 268 g/mol. The Balaban J connectivity index is 1.72. The lowest BCUT2D eigenvalue weighted by Crippen LogP contribution is -2.32. The Morgan fingerprint density at radius 2 is 2.25 bits per heavy atom. The normalized spacial score (nSPS) is 26.9. The number of carbonyl (C=O) groups is 1. The number of anilines is 2. The largest absolute Gasteiger partial charge is 0.381 e. The first kappa shape index (κ1) is 13.8. The van der Waals surface area contributed by atoms with Gasteiger partial charge in [-0.1, -0.05) is 13.0 Å². The molecular formula is C16H22N2OS. The minimum atomic E-state index is 0.253. The van der Waals surface area contributed by atoms with E-state index in [-0.39, 0.29) is 5.91 Å². The second-order valence-corrected chi connectivity index (χ2v) is 7.15. The zero-order valence-electron chi connectivity index (χ0n) is 12.0. The number of hydrogen-bond acceptors (Lipinski definition) is 3. The number of amides is 1. The maximum absolute atomic E-state index is 11.8. The van der Waals surface area contributed by atoms with Crippen molar-refractivity contribution in [2.24, 2.45) is 0 Å². The number of carbonyl (C=O) groups excluding carboxylic acids is 1. The summed E-state index contributed by atoms with van der Waals surface area (Å²) < 4.78 is 0. The first-order valence-electron chi connectivity index (χ1n) is 7.52. The van der Waals surface area contributed by atoms with Crippen molar-refractivity contribution >= 4 is 29.0 Å². The highest BCUT2D eigenvalue weighted by molar-refractivity contribution is 8.00. The van der Waals surface area contributed by atoms with Crippen molar-refractivity contribution < 1.29 is 4.79 Å². The number of hydrogen-bond donors (Lipinski definition) is 1. The summed E-state index contributed by atoms with van der Waals surface area (Å²) in [5.41, 5.74) is 2.18. The first-order chi connectivity index (χ1) is 9.74. The van der Waals surface area contributed by atoms with Gasteiger partial charge in [0.1, 0.15) is 0 Å². The van der Waals surface area contributed by atoms with Gasteiger partial charge in [-0.3, -0.25) is 4.79 Å². The van der Waals surface area contributed by atoms with Gasteiger partial charge in [-0.25, -0.2) is 0 Å². The van der Waals surface area contributed by atoms with Gasteiger partial charge in [0, 0.05) is 35.6 Å². The van der Waals surface area contributed by atoms with Crippen LogP contribution in [0.5, 0.6) is 0 Å². The molecule has 2 saturated heterocycles. The Morgan fingerprint density at radius 3 is 3.00 bits per heavy atom. The van der Waals surface area contributed by atoms with Gasteiger partial charge in [-0.15, -0.1) is 0 Å². The molecule has 1 aromatic rings. The van der Waals surface area contributed by atoms with E-state index in [0.717, 1.165) is 24.3 Å². The van der Waals surface area contributed by atoms with Crippen molar-refractivity contribution in [3.63, 3.8) is 0 Å². The molecule has 2 heterocycles. The van der Waals surface area contributed by atoms with Gasteiger partial charge < -0.3 is 10.2 Å². The lowest BCUT2D eigenvalue weighted by Gasteiger charge is -2.30. The molecule has 4 heteroatoms. The van der Waals surface area contributed by atoms with Crippen LogP contribution < -0.4 is 10.2 Å². The molecule has 1 N–H and O–H groups in total. The summed E-state index contributed by atoms with van der Waals surface area (Å²) in [5.74, 6) is 1.53. The molecule has 1 amide bonds. The fraction of sp³-hybridized carbons (Fsp3) is 0.562. The van der Waals surface area contributed by atoms with E-state index in [4.69, 9.17) is 0 Å². The average Bonchev–Trinajstić information content (AvgIpc) is 2.88. The summed E-state index contributed by atoms with van der Waals surface area (Å²) in [7, 11) is 0. The quantitative estimate of drug-likeness (QED) is 0.924. The molecule has 20 heavy (non-hydrogen) atoms. The highest BCUT2D eigenvalue weighted by Gasteiger charge is 2.23. The molecule has 3 nitrogen and oxygen atoms in total. The monoisotopic (exact) mass is 290 g/mol. The van der Waals surface area contributed by atoms with E-state index in [0.29, 0.717) is 17.7 Å². The Morgan fingerprint density at radius 1 is 1.35 bits per heavy atom. The number of nitrogens with zero attached hydrogens (tertiary/aromatic N) is 1. The SMILES string of the molecule is CC1SCCCC1Nc1cccc(N2CCCC2=O)c1. The van der Waals surface area contributed by atoms with Crippen LogP contribution in [0, 0.1) is 0 Å². The van der Waals surface area contributed by atoms with Crippen LogP contribution in [-0.2, 0) is 4.79 Å². The zero-order valence-corrected chi connectivity index (χ0v) is 12.8. The minimum absolute atomic E-state index is 0.253. The maximum Gasteiger partial charge on any atom is 0.227 e. The third-order valence-electron chi connectivity index (χ3n) is 4.19. The fourth-order valence-electron chi connectivity index (χ4n) is 3.01. The highest BCUT2D eigenvalue weighted by Crippen LogP contribution is 2.29. The van der Waals surface area contributed by atoms with E-state index in [2.05, 4.69) is 24.4 Å². The Kier molecular flexibility index (Phi) is 4.20. The van der Waals surface area contributed by atoms with E-state index in [1.807, 2.05) is 28.8 Å². The summed E-state index contributed by atoms with van der Waals surface area (Å²) in [5, 5.41) is 4.30. The van der Waals surface area contributed by atoms with Crippen molar-refractivity contribution in [1.82, 2.24) is 0 Å². The van der Waals surface area contributed by atoms with Crippen LogP contribution in [0.15, 0.2) is 24.3 Å². The van der Waals surface area contributed by atoms with Crippen molar-refractivity contribution in [2.75, 3.05) is 22.5 Å². The molecule has 2 aliphatic heterocycles. The third kappa shape index (κ3) is 2.95. The van der Waals surface area contributed by atoms with Crippen molar-refractivity contribution in [1.29, 1.82) is 0 Å². The molecule has 1 aromatic carbocycles. The van der Waals surface area contributed by atoms with Gasteiger partial charge in [0.2, 0.25) is 5.91 Å². The maximum atomic E-state index is 11.8. The second kappa shape index (κ2) is 6.08. The van der Waals surface area contributed by atoms with Gasteiger partial charge in [0.25, 0.3) is 0 Å². The highest BCUT2D eigenvalue weighted by atomic mass is 32.2. The summed E-state index contributed by atoms with van der Waals surface area (Å²) >= 11 is 2.05. The molecule has 0 bridgehead atoms. The molecule has 0 aliphatic carbocycles. The van der Waals surface area contributed by atoms with Gasteiger partial charge >= 0.3 is 0 Å². The Hall–Kier alpha value is -1.16. The fourth-order valence-corrected chi connectivity index (χ4v) is 4.15. The Bertz CT molecular complexity index is 491. The number of rotatable bonds is 3. The van der Waals surface area contributed by atoms with E-state index in [1.165, 1.54) is 18.6 Å². The van der Waals surface area contributed by atoms with E-state index in [9.17, 15) is 4.79 Å². The molecule has 2 atom stereocenters. The third-order valence-corrected chi connectivity index (χ3v) is 5.57. The molecule has 0 aromatic heterocycles. The average molecular weight is 290 g/mol. The lowest BCUT2D eigenvalue weighted by atomic mass is 10.1. The van der Waals surface area contributed by atoms with Gasteiger partial charge in [-0.05, 0) is 43.2 Å². The topological polar surface area (TPSA) is 32.3 Å². The predicted octanol–water partition coefficient (Wildman–Crippen LogP) is 3.51. The standard InChI is InChI=1S/C16H22N2OS/c1-12-15(7-4-10-20-12)17-13-5-2-6-14(11-13)18-9-3-8-16(18)19/h2,5-6,11-12,15,17H,3-4,7-10H2,1H3. The Labute approximate surface area is 125 Å². The van der Waals surface area contributed by atoms with Crippen molar-refractivity contribution in [2.45, 2.75) is 43.9 Å². The zero-order chi connectivity index (χ0) is 13.9. The summed E-state index contributed by atoms with van der Waals surface area (Å²) in [6, 6.07) is 8.85. The first-order valence-corrected chi connectivity index (χ1v) is 8.57. The van der Waals surface area contributed by atoms with E-state index >= 15 is 0 Å². The smallest absolute Gasteiger partial charge is 0.227 e. The van der Waals surface area contributed by atoms with E-state index < -0.39 is 0 Å². The summed E-state index contributed by atoms with van der Waals surface area (Å²) in [4.78, 5) is 13.7. The van der Waals surface area contributed by atoms with Crippen LogP contribution in [-0.4, -0.2) is 29.5 Å². The molecule has 0 radical (unpaired) electrons. The van der Waals surface area contributed by atoms with Crippen LogP contribution in [0.1, 0.15) is 32.6 Å². The van der Waals surface area contributed by atoms with Gasteiger partial charge in [-0.2, -0.15) is 11.8 Å². The van der Waals surface area contributed by atoms with Crippen LogP contribution in [0.4, 0.5) is 11.4 Å². The molecule has 0 saturated carbocycles. The predicted molar refractivity (Wildman–Crippen MR) is 86.6 cm³/mol. The summed E-state index contributed by atoms with van der Waals surface area (Å²) in [6.07, 6.45) is 4.19. The number of benzene rings is 1. The van der Waals surface area contributed by atoms with Crippen molar-refractivity contribution in [3.8, 4) is 0 Å². The molecule has 2 aliphatic rings. The van der Waals surface area contributed by atoms with Crippen LogP contribution >= 0.6 is 11.8 Å². The van der Waals surface area contributed by atoms with Gasteiger partial charge in [0.15, 0.2) is 0 Å². The molecule has 108 valence electrons. The molecule has 3 rings (SSSR count). The second-order valence-electron chi connectivity index (χ2n) is 5.67. The lowest BCUT2D eigenvalue weighted by molar-refractivity contribution is -0.117.